The van der Waals surface area contributed by atoms with E-state index in [1.165, 1.54) is 6.33 Å². The molecule has 0 bridgehead atoms. The lowest BCUT2D eigenvalue weighted by Gasteiger charge is -2.19. The largest absolute Gasteiger partial charge is 0.444 e. The lowest BCUT2D eigenvalue weighted by molar-refractivity contribution is 0.0523. The molecule has 2 aromatic heterocycles. The number of ether oxygens (including phenoxy) is 1. The van der Waals surface area contributed by atoms with E-state index in [9.17, 15) is 9.59 Å². The van der Waals surface area contributed by atoms with Crippen LogP contribution in [0.25, 0.3) is 16.9 Å². The molecule has 0 unspecified atom stereocenters. The molecule has 3 rings (SSSR count). The van der Waals surface area contributed by atoms with E-state index in [2.05, 4.69) is 20.3 Å². The number of alkyl carbamates (subject to hydrolysis) is 1. The molecule has 1 aromatic carbocycles. The molecule has 8 heteroatoms. The molecule has 0 radical (unpaired) electrons. The lowest BCUT2D eigenvalue weighted by atomic mass is 10.2. The summed E-state index contributed by atoms with van der Waals surface area (Å²) in [6.45, 7) is 5.81. The van der Waals surface area contributed by atoms with Gasteiger partial charge in [-0.05, 0) is 38.5 Å². The molecular weight excluding hydrogens is 322 g/mol. The lowest BCUT2D eigenvalue weighted by Crippen LogP contribution is -2.32. The number of fused-ring (bicyclic) bond motifs is 1. The van der Waals surface area contributed by atoms with Crippen LogP contribution < -0.4 is 10.9 Å². The Morgan fingerprint density at radius 2 is 1.96 bits per heavy atom. The summed E-state index contributed by atoms with van der Waals surface area (Å²) in [7, 11) is 0. The van der Waals surface area contributed by atoms with Gasteiger partial charge in [-0.25, -0.2) is 14.8 Å². The second kappa shape index (κ2) is 6.39. The van der Waals surface area contributed by atoms with Crippen LogP contribution in [0.1, 0.15) is 26.3 Å². The maximum absolute atomic E-state index is 11.7. The van der Waals surface area contributed by atoms with Crippen molar-refractivity contribution in [2.75, 3.05) is 0 Å². The molecule has 8 nitrogen and oxygen atoms in total. The zero-order valence-electron chi connectivity index (χ0n) is 14.2. The number of carbonyl (C=O) groups is 1. The van der Waals surface area contributed by atoms with Crippen LogP contribution in [0, 0.1) is 0 Å². The summed E-state index contributed by atoms with van der Waals surface area (Å²) >= 11 is 0. The Morgan fingerprint density at radius 1 is 1.24 bits per heavy atom. The fraction of sp³-hybridized carbons (Fsp3) is 0.294. The molecule has 2 heterocycles. The van der Waals surface area contributed by atoms with Gasteiger partial charge in [-0.15, -0.1) is 0 Å². The van der Waals surface area contributed by atoms with Crippen molar-refractivity contribution >= 4 is 17.3 Å². The Balaban J connectivity index is 1.73. The predicted octanol–water partition coefficient (Wildman–Crippen LogP) is 2.13. The van der Waals surface area contributed by atoms with E-state index in [4.69, 9.17) is 4.74 Å². The highest BCUT2D eigenvalue weighted by atomic mass is 16.6. The molecule has 0 aliphatic heterocycles. The highest BCUT2D eigenvalue weighted by molar-refractivity contribution is 5.71. The standard InChI is InChI=1S/C17H19N5O3/c1-17(2,3)25-16(24)18-8-11-4-6-12(7-5-11)22-10-21-13-14(22)19-9-20-15(13)23/h4-7,9-10H,8H2,1-3H3,(H,18,24)(H,19,20,23). The Morgan fingerprint density at radius 3 is 2.64 bits per heavy atom. The molecule has 2 N–H and O–H groups in total. The van der Waals surface area contributed by atoms with Crippen LogP contribution in [0.3, 0.4) is 0 Å². The summed E-state index contributed by atoms with van der Waals surface area (Å²) in [4.78, 5) is 34.1. The minimum atomic E-state index is -0.527. The van der Waals surface area contributed by atoms with Gasteiger partial charge in [0.15, 0.2) is 11.2 Å². The number of hydrogen-bond donors (Lipinski definition) is 2. The van der Waals surface area contributed by atoms with Crippen molar-refractivity contribution in [1.82, 2.24) is 24.8 Å². The maximum Gasteiger partial charge on any atom is 0.407 e. The Bertz CT molecular complexity index is 951. The number of rotatable bonds is 3. The van der Waals surface area contributed by atoms with Gasteiger partial charge in [0, 0.05) is 12.2 Å². The molecular formula is C17H19N5O3. The van der Waals surface area contributed by atoms with E-state index in [-0.39, 0.29) is 11.1 Å². The van der Waals surface area contributed by atoms with E-state index in [1.807, 2.05) is 45.0 Å². The maximum atomic E-state index is 11.7. The Labute approximate surface area is 143 Å². The number of aromatic nitrogens is 4. The third-order valence-corrected chi connectivity index (χ3v) is 3.39. The zero-order chi connectivity index (χ0) is 18.0. The minimum Gasteiger partial charge on any atom is -0.444 e. The number of benzene rings is 1. The number of nitrogens with zero attached hydrogens (tertiary/aromatic N) is 3. The van der Waals surface area contributed by atoms with Crippen molar-refractivity contribution in [2.24, 2.45) is 0 Å². The highest BCUT2D eigenvalue weighted by Gasteiger charge is 2.15. The van der Waals surface area contributed by atoms with Crippen LogP contribution in [-0.2, 0) is 11.3 Å². The molecule has 0 aliphatic rings. The summed E-state index contributed by atoms with van der Waals surface area (Å²) in [5.41, 5.74) is 1.72. The van der Waals surface area contributed by atoms with Gasteiger partial charge in [0.05, 0.1) is 6.33 Å². The number of amides is 1. The Hall–Kier alpha value is -3.16. The summed E-state index contributed by atoms with van der Waals surface area (Å²) in [6.07, 6.45) is 2.45. The highest BCUT2D eigenvalue weighted by Crippen LogP contribution is 2.14. The molecule has 3 aromatic rings. The normalized spacial score (nSPS) is 11.5. The quantitative estimate of drug-likeness (QED) is 0.760. The summed E-state index contributed by atoms with van der Waals surface area (Å²) < 4.78 is 6.93. The smallest absolute Gasteiger partial charge is 0.407 e. The summed E-state index contributed by atoms with van der Waals surface area (Å²) in [6, 6.07) is 7.50. The molecule has 0 spiro atoms. The van der Waals surface area contributed by atoms with Gasteiger partial charge in [-0.3, -0.25) is 9.36 Å². The van der Waals surface area contributed by atoms with Crippen LogP contribution in [0.15, 0.2) is 41.7 Å². The van der Waals surface area contributed by atoms with Crippen LogP contribution in [0.5, 0.6) is 0 Å². The van der Waals surface area contributed by atoms with Crippen molar-refractivity contribution < 1.29 is 9.53 Å². The van der Waals surface area contributed by atoms with Gasteiger partial charge in [-0.2, -0.15) is 0 Å². The van der Waals surface area contributed by atoms with E-state index < -0.39 is 11.7 Å². The topological polar surface area (TPSA) is 102 Å². The van der Waals surface area contributed by atoms with Crippen LogP contribution in [0.2, 0.25) is 0 Å². The van der Waals surface area contributed by atoms with E-state index in [0.717, 1.165) is 11.3 Å². The van der Waals surface area contributed by atoms with Crippen molar-refractivity contribution in [3.63, 3.8) is 0 Å². The molecule has 0 atom stereocenters. The Kier molecular flexibility index (Phi) is 4.26. The average molecular weight is 341 g/mol. The molecule has 25 heavy (non-hydrogen) atoms. The fourth-order valence-corrected chi connectivity index (χ4v) is 2.30. The van der Waals surface area contributed by atoms with Crippen molar-refractivity contribution in [1.29, 1.82) is 0 Å². The van der Waals surface area contributed by atoms with Gasteiger partial charge in [0.25, 0.3) is 5.56 Å². The summed E-state index contributed by atoms with van der Waals surface area (Å²) in [5.74, 6) is 0. The predicted molar refractivity (Wildman–Crippen MR) is 92.6 cm³/mol. The number of aromatic amines is 1. The first-order valence-electron chi connectivity index (χ1n) is 7.80. The van der Waals surface area contributed by atoms with Gasteiger partial charge in [0.2, 0.25) is 0 Å². The zero-order valence-corrected chi connectivity index (χ0v) is 14.2. The third kappa shape index (κ3) is 3.85. The fourth-order valence-electron chi connectivity index (χ4n) is 2.30. The molecule has 0 saturated carbocycles. The molecule has 0 fully saturated rings. The van der Waals surface area contributed by atoms with Crippen molar-refractivity contribution in [3.8, 4) is 5.69 Å². The van der Waals surface area contributed by atoms with Crippen molar-refractivity contribution in [2.45, 2.75) is 32.9 Å². The first-order chi connectivity index (χ1) is 11.8. The number of nitrogens with one attached hydrogen (secondary N) is 2. The van der Waals surface area contributed by atoms with Gasteiger partial charge in [-0.1, -0.05) is 12.1 Å². The van der Waals surface area contributed by atoms with Crippen LogP contribution >= 0.6 is 0 Å². The second-order valence-corrected chi connectivity index (χ2v) is 6.54. The molecule has 0 aliphatic carbocycles. The number of carbonyl (C=O) groups excluding carboxylic acids is 1. The van der Waals surface area contributed by atoms with Gasteiger partial charge >= 0.3 is 6.09 Å². The molecule has 0 saturated heterocycles. The third-order valence-electron chi connectivity index (χ3n) is 3.39. The van der Waals surface area contributed by atoms with Gasteiger partial charge < -0.3 is 15.0 Å². The van der Waals surface area contributed by atoms with Gasteiger partial charge in [0.1, 0.15) is 11.9 Å². The number of H-pyrrole nitrogens is 1. The molecule has 130 valence electrons. The molecule has 1 amide bonds. The summed E-state index contributed by atoms with van der Waals surface area (Å²) in [5, 5.41) is 2.71. The minimum absolute atomic E-state index is 0.276. The number of hydrogen-bond acceptors (Lipinski definition) is 5. The van der Waals surface area contributed by atoms with E-state index in [0.29, 0.717) is 12.2 Å². The van der Waals surface area contributed by atoms with E-state index >= 15 is 0 Å². The average Bonchev–Trinajstić information content (AvgIpc) is 2.97. The number of imidazole rings is 1. The second-order valence-electron chi connectivity index (χ2n) is 6.54. The van der Waals surface area contributed by atoms with Crippen molar-refractivity contribution in [3.05, 3.63) is 52.8 Å². The van der Waals surface area contributed by atoms with E-state index in [1.54, 1.807) is 10.9 Å². The monoisotopic (exact) mass is 341 g/mol. The first kappa shape index (κ1) is 16.7. The van der Waals surface area contributed by atoms with Crippen LogP contribution in [-0.4, -0.2) is 31.2 Å². The SMILES string of the molecule is CC(C)(C)OC(=O)NCc1ccc(-n2cnc3c(=O)[nH]cnc32)cc1. The van der Waals surface area contributed by atoms with Crippen LogP contribution in [0.4, 0.5) is 4.79 Å². The first-order valence-corrected chi connectivity index (χ1v) is 7.80.